The second-order valence-corrected chi connectivity index (χ2v) is 10.1. The fourth-order valence-corrected chi connectivity index (χ4v) is 4.93. The molecule has 182 valence electrons. The van der Waals surface area contributed by atoms with Gasteiger partial charge in [-0.1, -0.05) is 12.1 Å². The molecule has 1 amide bonds. The van der Waals surface area contributed by atoms with Crippen LogP contribution in [0, 0.1) is 0 Å². The highest BCUT2D eigenvalue weighted by Crippen LogP contribution is 2.27. The minimum Gasteiger partial charge on any atom is -0.378 e. The fourth-order valence-electron chi connectivity index (χ4n) is 3.94. The van der Waals surface area contributed by atoms with Gasteiger partial charge in [-0.25, -0.2) is 18.1 Å². The van der Waals surface area contributed by atoms with E-state index < -0.39 is 15.9 Å². The Morgan fingerprint density at radius 3 is 2.25 bits per heavy atom. The van der Waals surface area contributed by atoms with Gasteiger partial charge in [0.05, 0.1) is 21.5 Å². The molecule has 0 unspecified atom stereocenters. The lowest BCUT2D eigenvalue weighted by Crippen LogP contribution is -2.28. The lowest BCUT2D eigenvalue weighted by atomic mass is 10.2. The second-order valence-electron chi connectivity index (χ2n) is 8.40. The number of nitrogens with one attached hydrogen (secondary N) is 1. The zero-order valence-electron chi connectivity index (χ0n) is 19.7. The van der Waals surface area contributed by atoms with Crippen LogP contribution in [0.3, 0.4) is 0 Å². The Kier molecular flexibility index (Phi) is 5.56. The third-order valence-electron chi connectivity index (χ3n) is 5.67. The van der Waals surface area contributed by atoms with Crippen molar-refractivity contribution in [3.05, 3.63) is 83.2 Å². The summed E-state index contributed by atoms with van der Waals surface area (Å²) in [6.07, 6.45) is 0. The Morgan fingerprint density at radius 1 is 0.944 bits per heavy atom. The molecule has 1 N–H and O–H groups in total. The number of rotatable bonds is 5. The molecule has 11 heteroatoms. The van der Waals surface area contributed by atoms with Crippen LogP contribution in [0.2, 0.25) is 0 Å². The number of benzene rings is 3. The van der Waals surface area contributed by atoms with Crippen molar-refractivity contribution in [2.45, 2.75) is 11.8 Å². The summed E-state index contributed by atoms with van der Waals surface area (Å²) in [5, 5.41) is 5.05. The summed E-state index contributed by atoms with van der Waals surface area (Å²) in [5.74, 6) is 0.0547. The Labute approximate surface area is 206 Å². The average molecular weight is 503 g/mol. The smallest absolute Gasteiger partial charge is 0.283 e. The summed E-state index contributed by atoms with van der Waals surface area (Å²) in [7, 11) is -0.118. The number of fused-ring (bicyclic) bond motifs is 2. The molecule has 0 saturated carbocycles. The summed E-state index contributed by atoms with van der Waals surface area (Å²) < 4.78 is 29.7. The number of aromatic nitrogens is 4. The van der Waals surface area contributed by atoms with E-state index in [1.807, 2.05) is 48.0 Å². The Bertz CT molecular complexity index is 1790. The summed E-state index contributed by atoms with van der Waals surface area (Å²) in [5.41, 5.74) is 2.48. The molecule has 0 radical (unpaired) electrons. The molecule has 0 spiro atoms. The minimum atomic E-state index is -4.00. The third kappa shape index (κ3) is 3.99. The molecule has 5 aromatic rings. The van der Waals surface area contributed by atoms with Crippen LogP contribution in [0.25, 0.3) is 33.8 Å². The molecule has 5 rings (SSSR count). The number of nitrogens with zero attached hydrogens (tertiary/aromatic N) is 5. The van der Waals surface area contributed by atoms with Gasteiger partial charge < -0.3 is 4.90 Å². The predicted octanol–water partition coefficient (Wildman–Crippen LogP) is 2.59. The molecule has 0 bridgehead atoms. The number of hydrogen-bond donors (Lipinski definition) is 1. The number of carbonyl (C=O) groups is 1. The van der Waals surface area contributed by atoms with Gasteiger partial charge in [0.2, 0.25) is 11.7 Å². The van der Waals surface area contributed by atoms with Crippen LogP contribution in [0.15, 0.2) is 82.5 Å². The lowest BCUT2D eigenvalue weighted by molar-refractivity contribution is -0.117. The maximum Gasteiger partial charge on any atom is 0.283 e. The first kappa shape index (κ1) is 23.2. The first-order valence-electron chi connectivity index (χ1n) is 11.0. The molecule has 0 fully saturated rings. The molecular weight excluding hydrogens is 480 g/mol. The van der Waals surface area contributed by atoms with Crippen LogP contribution >= 0.6 is 0 Å². The van der Waals surface area contributed by atoms with Crippen molar-refractivity contribution in [3.63, 3.8) is 0 Å². The highest BCUT2D eigenvalue weighted by Gasteiger charge is 2.20. The minimum absolute atomic E-state index is 0.0710. The van der Waals surface area contributed by atoms with Gasteiger partial charge in [0, 0.05) is 32.3 Å². The topological polar surface area (TPSA) is 119 Å². The van der Waals surface area contributed by atoms with Crippen LogP contribution in [0.5, 0.6) is 0 Å². The van der Waals surface area contributed by atoms with Crippen molar-refractivity contribution in [1.82, 2.24) is 23.9 Å². The Hall–Kier alpha value is -4.51. The van der Waals surface area contributed by atoms with Crippen LogP contribution in [-0.2, 0) is 14.8 Å². The SMILES string of the molecule is CC(=O)NS(=O)(=O)c1ccc(-n2c(-c3ccc(N(C)C)cc3)nn3c(=O)c4ccccc4nc23)cc1. The van der Waals surface area contributed by atoms with Crippen LogP contribution < -0.4 is 15.2 Å². The Morgan fingerprint density at radius 2 is 1.61 bits per heavy atom. The molecule has 0 atom stereocenters. The normalized spacial score (nSPS) is 11.6. The number of anilines is 1. The van der Waals surface area contributed by atoms with E-state index in [-0.39, 0.29) is 16.2 Å². The number of amides is 1. The zero-order chi connectivity index (χ0) is 25.6. The average Bonchev–Trinajstić information content (AvgIpc) is 3.23. The molecule has 0 aliphatic heterocycles. The molecule has 36 heavy (non-hydrogen) atoms. The van der Waals surface area contributed by atoms with E-state index in [1.165, 1.54) is 16.6 Å². The highest BCUT2D eigenvalue weighted by molar-refractivity contribution is 7.90. The first-order chi connectivity index (χ1) is 17.2. The van der Waals surface area contributed by atoms with E-state index in [9.17, 15) is 18.0 Å². The van der Waals surface area contributed by atoms with Gasteiger partial charge in [-0.2, -0.15) is 4.52 Å². The van der Waals surface area contributed by atoms with Crippen molar-refractivity contribution < 1.29 is 13.2 Å². The maximum atomic E-state index is 13.3. The van der Waals surface area contributed by atoms with Crippen LogP contribution in [0.1, 0.15) is 6.92 Å². The third-order valence-corrected chi connectivity index (χ3v) is 7.12. The molecule has 0 saturated heterocycles. The monoisotopic (exact) mass is 502 g/mol. The van der Waals surface area contributed by atoms with E-state index in [0.29, 0.717) is 22.4 Å². The molecular formula is C25H22N6O4S. The van der Waals surface area contributed by atoms with Gasteiger partial charge in [0.15, 0.2) is 5.82 Å². The summed E-state index contributed by atoms with van der Waals surface area (Å²) in [6.45, 7) is 1.13. The van der Waals surface area contributed by atoms with Gasteiger partial charge in [-0.3, -0.25) is 14.2 Å². The standard InChI is InChI=1S/C25H22N6O4S/c1-16(32)28-36(34,35)20-14-12-19(13-15-20)30-23(17-8-10-18(11-9-17)29(2)3)27-31-24(33)21-6-4-5-7-22(21)26-25(30)31/h4-15H,1-3H3,(H,28,32). The second kappa shape index (κ2) is 8.61. The van der Waals surface area contributed by atoms with Gasteiger partial charge in [0.25, 0.3) is 15.6 Å². The first-order valence-corrected chi connectivity index (χ1v) is 12.5. The lowest BCUT2D eigenvalue weighted by Gasteiger charge is -2.13. The summed E-state index contributed by atoms with van der Waals surface area (Å²) in [4.78, 5) is 31.2. The molecule has 0 aliphatic rings. The molecule has 10 nitrogen and oxygen atoms in total. The van der Waals surface area contributed by atoms with Gasteiger partial charge in [-0.05, 0) is 60.7 Å². The Balaban J connectivity index is 1.76. The summed E-state index contributed by atoms with van der Waals surface area (Å²) >= 11 is 0. The van der Waals surface area contributed by atoms with E-state index >= 15 is 0 Å². The summed E-state index contributed by atoms with van der Waals surface area (Å²) in [6, 6.07) is 20.6. The number of hydrogen-bond acceptors (Lipinski definition) is 7. The number of sulfonamides is 1. The molecule has 2 heterocycles. The van der Waals surface area contributed by atoms with E-state index in [2.05, 4.69) is 5.10 Å². The van der Waals surface area contributed by atoms with Crippen LogP contribution in [0.4, 0.5) is 5.69 Å². The van der Waals surface area contributed by atoms with Gasteiger partial charge in [-0.15, -0.1) is 5.10 Å². The van der Waals surface area contributed by atoms with Gasteiger partial charge >= 0.3 is 0 Å². The van der Waals surface area contributed by atoms with Crippen LogP contribution in [-0.4, -0.2) is 47.6 Å². The van der Waals surface area contributed by atoms with Gasteiger partial charge in [0.1, 0.15) is 0 Å². The largest absolute Gasteiger partial charge is 0.378 e. The van der Waals surface area contributed by atoms with Crippen molar-refractivity contribution >= 4 is 38.3 Å². The van der Waals surface area contributed by atoms with E-state index in [1.54, 1.807) is 41.0 Å². The van der Waals surface area contributed by atoms with Crippen molar-refractivity contribution in [1.29, 1.82) is 0 Å². The number of para-hydroxylation sites is 1. The van der Waals surface area contributed by atoms with Crippen molar-refractivity contribution in [2.75, 3.05) is 19.0 Å². The fraction of sp³-hybridized carbons (Fsp3) is 0.120. The maximum absolute atomic E-state index is 13.3. The van der Waals surface area contributed by atoms with Crippen molar-refractivity contribution in [2.24, 2.45) is 0 Å². The van der Waals surface area contributed by atoms with E-state index in [0.717, 1.165) is 18.2 Å². The van der Waals surface area contributed by atoms with E-state index in [4.69, 9.17) is 4.98 Å². The predicted molar refractivity (Wildman–Crippen MR) is 137 cm³/mol. The molecule has 3 aromatic carbocycles. The molecule has 0 aliphatic carbocycles. The van der Waals surface area contributed by atoms with Crippen molar-refractivity contribution in [3.8, 4) is 17.1 Å². The zero-order valence-corrected chi connectivity index (χ0v) is 20.5. The molecule has 2 aromatic heterocycles. The highest BCUT2D eigenvalue weighted by atomic mass is 32.2. The number of carbonyl (C=O) groups excluding carboxylic acids is 1. The quantitative estimate of drug-likeness (QED) is 0.392.